The number of alkyl halides is 3. The Hall–Kier alpha value is -3.76. The molecule has 0 aliphatic rings. The first-order valence-electron chi connectivity index (χ1n) is 13.8. The van der Waals surface area contributed by atoms with Gasteiger partial charge in [0.1, 0.15) is 0 Å². The Kier molecular flexibility index (Phi) is 17.7. The Balaban J connectivity index is 0.000000461. The van der Waals surface area contributed by atoms with Gasteiger partial charge >= 0.3 is 27.6 Å². The molecule has 2 N–H and O–H groups in total. The number of aryl methyl sites for hydroxylation is 2. The van der Waals surface area contributed by atoms with Crippen molar-refractivity contribution in [3.63, 3.8) is 0 Å². The number of esters is 1. The molecule has 0 spiro atoms. The van der Waals surface area contributed by atoms with Crippen LogP contribution in [0.4, 0.5) is 13.2 Å². The Morgan fingerprint density at radius 2 is 1.33 bits per heavy atom. The molecule has 0 aromatic heterocycles. The number of phenolic OH excluding ortho intramolecular Hbond substituents is 1. The van der Waals surface area contributed by atoms with Gasteiger partial charge in [-0.1, -0.05) is 12.1 Å². The van der Waals surface area contributed by atoms with Crippen LogP contribution in [0.25, 0.3) is 0 Å². The lowest BCUT2D eigenvalue weighted by atomic mass is 10.1. The van der Waals surface area contributed by atoms with Crippen LogP contribution in [0.5, 0.6) is 23.0 Å². The van der Waals surface area contributed by atoms with Crippen molar-refractivity contribution in [1.29, 1.82) is 0 Å². The van der Waals surface area contributed by atoms with E-state index in [1.165, 1.54) is 19.2 Å². The molecule has 0 radical (unpaired) electrons. The normalized spacial score (nSPS) is 11.2. The fraction of sp³-hybridized carbons (Fsp3) is 0.517. The predicted octanol–water partition coefficient (Wildman–Crippen LogP) is 4.65. The lowest BCUT2D eigenvalue weighted by Gasteiger charge is -2.15. The summed E-state index contributed by atoms with van der Waals surface area (Å²) in [6, 6.07) is 8.61. The Morgan fingerprint density at radius 1 is 0.800 bits per heavy atom. The molecule has 0 bridgehead atoms. The van der Waals surface area contributed by atoms with Crippen molar-refractivity contribution in [2.75, 3.05) is 47.3 Å². The number of ether oxygens (including phenoxy) is 5. The van der Waals surface area contributed by atoms with Crippen molar-refractivity contribution in [2.24, 2.45) is 0 Å². The van der Waals surface area contributed by atoms with Gasteiger partial charge in [0.15, 0.2) is 23.0 Å². The first kappa shape index (κ1) is 39.3. The molecule has 0 atom stereocenters. The van der Waals surface area contributed by atoms with Crippen LogP contribution in [0.3, 0.4) is 0 Å². The summed E-state index contributed by atoms with van der Waals surface area (Å²) in [4.78, 5) is 21.9. The standard InChI is InChI=1S/C15H22O5.C14H17F3O7S/c1-3-19-15(17)8-6-12-5-7-13(16)14(11-12)20-10-4-9-18-2;1-22-7-2-8-23-12-9-10(4-6-13(18)19)3-5-11(12)24-25(20,21)14(15,16)17/h5,7,11,16H,3-4,6,8-10H2,1-2H3;3,5,9H,2,4,6-8H2,1H3,(H,18,19). The van der Waals surface area contributed by atoms with Crippen molar-refractivity contribution in [2.45, 2.75) is 51.0 Å². The van der Waals surface area contributed by atoms with Crippen molar-refractivity contribution in [1.82, 2.24) is 0 Å². The number of carboxylic acids is 1. The molecule has 0 aliphatic carbocycles. The predicted molar refractivity (Wildman–Crippen MR) is 155 cm³/mol. The third kappa shape index (κ3) is 15.7. The van der Waals surface area contributed by atoms with Crippen molar-refractivity contribution in [3.8, 4) is 23.0 Å². The van der Waals surface area contributed by atoms with E-state index in [1.807, 2.05) is 0 Å². The van der Waals surface area contributed by atoms with Gasteiger partial charge in [0.25, 0.3) is 0 Å². The van der Waals surface area contributed by atoms with E-state index in [9.17, 15) is 36.3 Å². The van der Waals surface area contributed by atoms with Crippen molar-refractivity contribution in [3.05, 3.63) is 47.5 Å². The summed E-state index contributed by atoms with van der Waals surface area (Å²) in [5.74, 6) is -1.60. The average molecular weight is 669 g/mol. The highest BCUT2D eigenvalue weighted by atomic mass is 32.2. The van der Waals surface area contributed by atoms with Crippen molar-refractivity contribution < 1.29 is 69.3 Å². The minimum Gasteiger partial charge on any atom is -0.504 e. The monoisotopic (exact) mass is 668 g/mol. The number of carbonyl (C=O) groups excluding carboxylic acids is 1. The minimum atomic E-state index is -5.85. The van der Waals surface area contributed by atoms with Crippen LogP contribution in [0.15, 0.2) is 36.4 Å². The summed E-state index contributed by atoms with van der Waals surface area (Å²) in [7, 11) is -2.76. The van der Waals surface area contributed by atoms with E-state index in [-0.39, 0.29) is 36.9 Å². The van der Waals surface area contributed by atoms with E-state index < -0.39 is 27.3 Å². The molecule has 2 aromatic rings. The molecule has 16 heteroatoms. The van der Waals surface area contributed by atoms with Crippen molar-refractivity contribution >= 4 is 22.1 Å². The van der Waals surface area contributed by atoms with Gasteiger partial charge in [-0.15, -0.1) is 0 Å². The number of aromatic hydroxyl groups is 1. The van der Waals surface area contributed by atoms with Gasteiger partial charge in [-0.3, -0.25) is 9.59 Å². The molecule has 0 unspecified atom stereocenters. The van der Waals surface area contributed by atoms with E-state index >= 15 is 0 Å². The van der Waals surface area contributed by atoms with Crippen LogP contribution >= 0.6 is 0 Å². The number of hydrogen-bond acceptors (Lipinski definition) is 11. The highest BCUT2D eigenvalue weighted by Crippen LogP contribution is 2.34. The van der Waals surface area contributed by atoms with E-state index in [0.29, 0.717) is 57.0 Å². The number of rotatable bonds is 19. The first-order chi connectivity index (χ1) is 21.2. The third-order valence-electron chi connectivity index (χ3n) is 5.57. The molecule has 254 valence electrons. The molecule has 0 fully saturated rings. The minimum absolute atomic E-state index is 0.0403. The molecule has 0 saturated carbocycles. The van der Waals surface area contributed by atoms with E-state index in [2.05, 4.69) is 4.18 Å². The maximum Gasteiger partial charge on any atom is 0.534 e. The zero-order valence-corrected chi connectivity index (χ0v) is 26.1. The zero-order chi connectivity index (χ0) is 33.9. The van der Waals surface area contributed by atoms with Gasteiger partial charge in [0.2, 0.25) is 0 Å². The number of methoxy groups -OCH3 is 2. The summed E-state index contributed by atoms with van der Waals surface area (Å²) in [6.45, 7) is 3.63. The lowest BCUT2D eigenvalue weighted by Crippen LogP contribution is -2.28. The molecule has 45 heavy (non-hydrogen) atoms. The fourth-order valence-corrected chi connectivity index (χ4v) is 3.85. The maximum atomic E-state index is 12.5. The first-order valence-corrected chi connectivity index (χ1v) is 15.2. The highest BCUT2D eigenvalue weighted by molar-refractivity contribution is 7.88. The Bertz CT molecular complexity index is 1300. The quantitative estimate of drug-likeness (QED) is 0.0923. The molecule has 0 amide bonds. The van der Waals surface area contributed by atoms with Gasteiger partial charge in [-0.25, -0.2) is 0 Å². The van der Waals surface area contributed by atoms with Crippen LogP contribution in [-0.2, 0) is 46.8 Å². The summed E-state index contributed by atoms with van der Waals surface area (Å²) in [6.07, 6.45) is 1.93. The number of phenols is 1. The number of carboxylic acid groups (broad SMARTS) is 1. The summed E-state index contributed by atoms with van der Waals surface area (Å²) in [5.41, 5.74) is -4.21. The molecule has 2 aromatic carbocycles. The second-order valence-corrected chi connectivity index (χ2v) is 10.7. The topological polar surface area (TPSA) is 164 Å². The largest absolute Gasteiger partial charge is 0.534 e. The van der Waals surface area contributed by atoms with Gasteiger partial charge in [-0.2, -0.15) is 21.6 Å². The molecular weight excluding hydrogens is 629 g/mol. The maximum absolute atomic E-state index is 12.5. The lowest BCUT2D eigenvalue weighted by molar-refractivity contribution is -0.143. The van der Waals surface area contributed by atoms with E-state index in [0.717, 1.165) is 18.1 Å². The molecule has 2 rings (SSSR count). The van der Waals surface area contributed by atoms with Crippen LogP contribution in [0.1, 0.15) is 43.7 Å². The zero-order valence-electron chi connectivity index (χ0n) is 25.3. The highest BCUT2D eigenvalue weighted by Gasteiger charge is 2.49. The average Bonchev–Trinajstić information content (AvgIpc) is 2.97. The number of benzene rings is 2. The Labute approximate surface area is 260 Å². The van der Waals surface area contributed by atoms with Gasteiger partial charge in [0, 0.05) is 53.1 Å². The van der Waals surface area contributed by atoms with E-state index in [4.69, 9.17) is 28.8 Å². The third-order valence-corrected chi connectivity index (χ3v) is 6.53. The molecule has 0 saturated heterocycles. The van der Waals surface area contributed by atoms with E-state index in [1.54, 1.807) is 32.2 Å². The molecule has 0 heterocycles. The van der Waals surface area contributed by atoms with Crippen LogP contribution in [0.2, 0.25) is 0 Å². The van der Waals surface area contributed by atoms with Gasteiger partial charge < -0.3 is 38.1 Å². The number of hydrogen-bond donors (Lipinski definition) is 2. The molecule has 12 nitrogen and oxygen atoms in total. The number of aliphatic carboxylic acids is 1. The second kappa shape index (κ2) is 20.3. The number of halogens is 3. The fourth-order valence-electron chi connectivity index (χ4n) is 3.39. The van der Waals surface area contributed by atoms with Crippen LogP contribution < -0.4 is 13.7 Å². The second-order valence-electron chi connectivity index (χ2n) is 9.15. The number of carbonyl (C=O) groups is 2. The van der Waals surface area contributed by atoms with Gasteiger partial charge in [0.05, 0.1) is 19.8 Å². The summed E-state index contributed by atoms with van der Waals surface area (Å²) >= 11 is 0. The van der Waals surface area contributed by atoms with Gasteiger partial charge in [-0.05, 0) is 55.2 Å². The SMILES string of the molecule is CCOC(=O)CCc1ccc(O)c(OCCCOC)c1.COCCCOc1cc(CCC(=O)O)ccc1OS(=O)(=O)C(F)(F)F. The molecular formula is C29H39F3O12S. The van der Waals surface area contributed by atoms with Crippen LogP contribution in [-0.4, -0.2) is 83.3 Å². The summed E-state index contributed by atoms with van der Waals surface area (Å²) < 4.78 is 89.1. The summed E-state index contributed by atoms with van der Waals surface area (Å²) in [5, 5.41) is 18.4. The smallest absolute Gasteiger partial charge is 0.504 e. The van der Waals surface area contributed by atoms with Crippen LogP contribution in [0, 0.1) is 0 Å². The molecule has 0 aliphatic heterocycles. The Morgan fingerprint density at radius 3 is 1.87 bits per heavy atom.